The second-order valence-corrected chi connectivity index (χ2v) is 4.16. The van der Waals surface area contributed by atoms with Gasteiger partial charge in [0.15, 0.2) is 5.76 Å². The van der Waals surface area contributed by atoms with Gasteiger partial charge in [0.25, 0.3) is 0 Å². The Kier molecular flexibility index (Phi) is 2.70. The normalized spacial score (nSPS) is 20.6. The minimum atomic E-state index is 0.00793. The standard InChI is InChI=1S/C12H15N3O2/c1-8-2-3-10(17-8)9-6-14-12(15-9)11-7-13-4-5-16-11/h2-3,6,11,13H,4-5,7H2,1H3,(H,14,15). The van der Waals surface area contributed by atoms with Crippen molar-refractivity contribution in [2.75, 3.05) is 19.7 Å². The second kappa shape index (κ2) is 4.35. The Morgan fingerprint density at radius 2 is 2.35 bits per heavy atom. The number of hydrogen-bond acceptors (Lipinski definition) is 4. The number of ether oxygens (including phenoxy) is 1. The van der Waals surface area contributed by atoms with Crippen LogP contribution in [0.25, 0.3) is 11.5 Å². The molecule has 0 bridgehead atoms. The zero-order valence-corrected chi connectivity index (χ0v) is 9.69. The van der Waals surface area contributed by atoms with Gasteiger partial charge in [0.05, 0.1) is 12.8 Å². The third kappa shape index (κ3) is 2.11. The molecule has 0 aromatic carbocycles. The summed E-state index contributed by atoms with van der Waals surface area (Å²) in [6.45, 7) is 4.35. The Bertz CT molecular complexity index is 497. The van der Waals surface area contributed by atoms with E-state index >= 15 is 0 Å². The van der Waals surface area contributed by atoms with Crippen molar-refractivity contribution in [2.45, 2.75) is 13.0 Å². The van der Waals surface area contributed by atoms with Gasteiger partial charge in [-0.3, -0.25) is 0 Å². The van der Waals surface area contributed by atoms with Crippen LogP contribution in [0.5, 0.6) is 0 Å². The van der Waals surface area contributed by atoms with Gasteiger partial charge in [-0.2, -0.15) is 0 Å². The average Bonchev–Trinajstić information content (AvgIpc) is 2.98. The van der Waals surface area contributed by atoms with Crippen molar-refractivity contribution in [3.05, 3.63) is 29.9 Å². The first-order chi connectivity index (χ1) is 8.33. The molecular weight excluding hydrogens is 218 g/mol. The van der Waals surface area contributed by atoms with Crippen LogP contribution in [0.1, 0.15) is 17.7 Å². The van der Waals surface area contributed by atoms with Crippen LogP contribution in [-0.4, -0.2) is 29.7 Å². The van der Waals surface area contributed by atoms with E-state index < -0.39 is 0 Å². The van der Waals surface area contributed by atoms with Crippen LogP contribution >= 0.6 is 0 Å². The molecule has 0 radical (unpaired) electrons. The molecule has 1 saturated heterocycles. The summed E-state index contributed by atoms with van der Waals surface area (Å²) in [5.41, 5.74) is 0.891. The summed E-state index contributed by atoms with van der Waals surface area (Å²) in [5, 5.41) is 3.28. The molecule has 1 aliphatic heterocycles. The van der Waals surface area contributed by atoms with E-state index in [4.69, 9.17) is 9.15 Å². The van der Waals surface area contributed by atoms with Crippen molar-refractivity contribution in [3.63, 3.8) is 0 Å². The SMILES string of the molecule is Cc1ccc(-c2cnc(C3CNCCO3)[nH]2)o1. The summed E-state index contributed by atoms with van der Waals surface area (Å²) >= 11 is 0. The van der Waals surface area contributed by atoms with Crippen molar-refractivity contribution in [1.82, 2.24) is 15.3 Å². The fraction of sp³-hybridized carbons (Fsp3) is 0.417. The maximum absolute atomic E-state index is 5.63. The molecule has 5 heteroatoms. The number of aromatic amines is 1. The van der Waals surface area contributed by atoms with E-state index in [-0.39, 0.29) is 6.10 Å². The number of nitrogens with zero attached hydrogens (tertiary/aromatic N) is 1. The molecule has 1 aliphatic rings. The Balaban J connectivity index is 1.82. The lowest BCUT2D eigenvalue weighted by molar-refractivity contribution is 0.0227. The number of aromatic nitrogens is 2. The molecule has 3 rings (SSSR count). The lowest BCUT2D eigenvalue weighted by Crippen LogP contribution is -2.33. The number of furan rings is 1. The predicted molar refractivity (Wildman–Crippen MR) is 62.6 cm³/mol. The molecule has 1 unspecified atom stereocenters. The molecule has 0 saturated carbocycles. The van der Waals surface area contributed by atoms with Crippen molar-refractivity contribution in [1.29, 1.82) is 0 Å². The third-order valence-corrected chi connectivity index (χ3v) is 2.83. The van der Waals surface area contributed by atoms with E-state index in [1.54, 1.807) is 6.20 Å². The molecule has 1 fully saturated rings. The minimum Gasteiger partial charge on any atom is -0.460 e. The number of hydrogen-bond donors (Lipinski definition) is 2. The van der Waals surface area contributed by atoms with E-state index in [2.05, 4.69) is 15.3 Å². The molecule has 0 aliphatic carbocycles. The molecule has 0 amide bonds. The summed E-state index contributed by atoms with van der Waals surface area (Å²) in [7, 11) is 0. The Labute approximate surface area is 99.2 Å². The molecule has 3 heterocycles. The Morgan fingerprint density at radius 3 is 3.06 bits per heavy atom. The van der Waals surface area contributed by atoms with Crippen LogP contribution in [0.2, 0.25) is 0 Å². The monoisotopic (exact) mass is 233 g/mol. The van der Waals surface area contributed by atoms with Crippen LogP contribution in [0, 0.1) is 6.92 Å². The van der Waals surface area contributed by atoms with Gasteiger partial charge in [-0.15, -0.1) is 0 Å². The molecule has 0 spiro atoms. The van der Waals surface area contributed by atoms with Gasteiger partial charge in [0.2, 0.25) is 0 Å². The van der Waals surface area contributed by atoms with E-state index in [1.807, 2.05) is 19.1 Å². The lowest BCUT2D eigenvalue weighted by atomic mass is 10.3. The Hall–Kier alpha value is -1.59. The van der Waals surface area contributed by atoms with Crippen LogP contribution in [0.3, 0.4) is 0 Å². The number of imidazole rings is 1. The highest BCUT2D eigenvalue weighted by molar-refractivity contribution is 5.51. The maximum Gasteiger partial charge on any atom is 0.152 e. The number of H-pyrrole nitrogens is 1. The summed E-state index contributed by atoms with van der Waals surface area (Å²) in [6, 6.07) is 3.88. The van der Waals surface area contributed by atoms with Gasteiger partial charge < -0.3 is 19.5 Å². The minimum absolute atomic E-state index is 0.00793. The smallest absolute Gasteiger partial charge is 0.152 e. The van der Waals surface area contributed by atoms with E-state index in [9.17, 15) is 0 Å². The zero-order chi connectivity index (χ0) is 11.7. The van der Waals surface area contributed by atoms with Gasteiger partial charge >= 0.3 is 0 Å². The molecule has 5 nitrogen and oxygen atoms in total. The number of nitrogens with one attached hydrogen (secondary N) is 2. The quantitative estimate of drug-likeness (QED) is 0.827. The fourth-order valence-corrected chi connectivity index (χ4v) is 1.95. The maximum atomic E-state index is 5.63. The van der Waals surface area contributed by atoms with Gasteiger partial charge in [0, 0.05) is 13.1 Å². The zero-order valence-electron chi connectivity index (χ0n) is 9.69. The van der Waals surface area contributed by atoms with E-state index in [1.165, 1.54) is 0 Å². The van der Waals surface area contributed by atoms with Crippen LogP contribution < -0.4 is 5.32 Å². The summed E-state index contributed by atoms with van der Waals surface area (Å²) in [6.07, 6.45) is 1.79. The topological polar surface area (TPSA) is 63.1 Å². The highest BCUT2D eigenvalue weighted by Gasteiger charge is 2.19. The number of rotatable bonds is 2. The van der Waals surface area contributed by atoms with Crippen molar-refractivity contribution >= 4 is 0 Å². The van der Waals surface area contributed by atoms with Crippen molar-refractivity contribution < 1.29 is 9.15 Å². The van der Waals surface area contributed by atoms with E-state index in [0.29, 0.717) is 0 Å². The van der Waals surface area contributed by atoms with E-state index in [0.717, 1.165) is 42.7 Å². The van der Waals surface area contributed by atoms with Crippen LogP contribution in [0.4, 0.5) is 0 Å². The molecule has 1 atom stereocenters. The second-order valence-electron chi connectivity index (χ2n) is 4.16. The van der Waals surface area contributed by atoms with Gasteiger partial charge in [-0.05, 0) is 19.1 Å². The third-order valence-electron chi connectivity index (χ3n) is 2.83. The highest BCUT2D eigenvalue weighted by atomic mass is 16.5. The molecule has 90 valence electrons. The van der Waals surface area contributed by atoms with Crippen molar-refractivity contribution in [2.24, 2.45) is 0 Å². The number of morpholine rings is 1. The lowest BCUT2D eigenvalue weighted by Gasteiger charge is -2.21. The van der Waals surface area contributed by atoms with Crippen molar-refractivity contribution in [3.8, 4) is 11.5 Å². The molecule has 2 aromatic heterocycles. The van der Waals surface area contributed by atoms with Crippen LogP contribution in [0.15, 0.2) is 22.7 Å². The number of aryl methyl sites for hydroxylation is 1. The van der Waals surface area contributed by atoms with Gasteiger partial charge in [0.1, 0.15) is 23.4 Å². The first-order valence-electron chi connectivity index (χ1n) is 5.77. The molecule has 17 heavy (non-hydrogen) atoms. The van der Waals surface area contributed by atoms with Gasteiger partial charge in [-0.1, -0.05) is 0 Å². The van der Waals surface area contributed by atoms with Crippen LogP contribution in [-0.2, 0) is 4.74 Å². The summed E-state index contributed by atoms with van der Waals surface area (Å²) in [4.78, 5) is 7.59. The Morgan fingerprint density at radius 1 is 1.41 bits per heavy atom. The van der Waals surface area contributed by atoms with Gasteiger partial charge in [-0.25, -0.2) is 4.98 Å². The molecule has 2 aromatic rings. The molecule has 2 N–H and O–H groups in total. The predicted octanol–water partition coefficient (Wildman–Crippen LogP) is 1.64. The average molecular weight is 233 g/mol. The summed E-state index contributed by atoms with van der Waals surface area (Å²) < 4.78 is 11.2. The molecular formula is C12H15N3O2. The first-order valence-corrected chi connectivity index (χ1v) is 5.77. The first kappa shape index (κ1) is 10.6. The summed E-state index contributed by atoms with van der Waals surface area (Å²) in [5.74, 6) is 2.55. The largest absolute Gasteiger partial charge is 0.460 e. The highest BCUT2D eigenvalue weighted by Crippen LogP contribution is 2.23. The fourth-order valence-electron chi connectivity index (χ4n) is 1.95.